The number of aliphatic hydroxyl groups excluding tert-OH is 8. The second-order valence-electron chi connectivity index (χ2n) is 5.56. The van der Waals surface area contributed by atoms with Crippen LogP contribution in [0, 0.1) is 0 Å². The van der Waals surface area contributed by atoms with Gasteiger partial charge in [-0.1, -0.05) is 5.11 Å². The van der Waals surface area contributed by atoms with E-state index in [1.54, 1.807) is 0 Å². The zero-order valence-corrected chi connectivity index (χ0v) is 12.5. The molecule has 0 aromatic carbocycles. The van der Waals surface area contributed by atoms with E-state index in [0.717, 1.165) is 0 Å². The Kier molecular flexibility index (Phi) is 6.16. The molecule has 0 aromatic rings. The second kappa shape index (κ2) is 7.63. The smallest absolute Gasteiger partial charge is 0.206 e. The number of ether oxygens (including phenoxy) is 3. The Morgan fingerprint density at radius 1 is 0.920 bits per heavy atom. The van der Waals surface area contributed by atoms with Crippen molar-refractivity contribution >= 4 is 0 Å². The summed E-state index contributed by atoms with van der Waals surface area (Å²) in [6, 6.07) is 0. The Hall–Kier alpha value is -1.13. The second-order valence-corrected chi connectivity index (χ2v) is 5.56. The summed E-state index contributed by atoms with van der Waals surface area (Å²) in [6.45, 7) is -0.962. The number of nitrogens with zero attached hydrogens (tertiary/aromatic N) is 3. The summed E-state index contributed by atoms with van der Waals surface area (Å²) in [4.78, 5) is 2.43. The molecule has 14 heteroatoms. The molecule has 0 bridgehead atoms. The van der Waals surface area contributed by atoms with Crippen molar-refractivity contribution in [3.8, 4) is 0 Å². The van der Waals surface area contributed by atoms with Gasteiger partial charge < -0.3 is 55.1 Å². The first-order chi connectivity index (χ1) is 11.7. The maximum atomic E-state index is 10.2. The minimum atomic E-state index is -2.60. The average molecular weight is 369 g/mol. The molecule has 0 spiro atoms. The van der Waals surface area contributed by atoms with Crippen LogP contribution >= 0.6 is 0 Å². The molecule has 2 aliphatic heterocycles. The Bertz CT molecular complexity index is 516. The predicted octanol–water partition coefficient (Wildman–Crippen LogP) is -4.80. The van der Waals surface area contributed by atoms with Gasteiger partial charge in [-0.2, -0.15) is 0 Å². The Labute approximate surface area is 139 Å². The van der Waals surface area contributed by atoms with Crippen LogP contribution in [0.5, 0.6) is 0 Å². The van der Waals surface area contributed by atoms with Crippen LogP contribution in [0.25, 0.3) is 10.4 Å². The number of hydrogen-bond donors (Lipinski definition) is 8. The minimum Gasteiger partial charge on any atom is -0.394 e. The summed E-state index contributed by atoms with van der Waals surface area (Å²) in [5.74, 6) is 0. The fraction of sp³-hybridized carbons (Fsp3) is 1.00. The molecule has 0 aliphatic carbocycles. The van der Waals surface area contributed by atoms with Gasteiger partial charge >= 0.3 is 0 Å². The van der Waals surface area contributed by atoms with E-state index in [9.17, 15) is 40.9 Å². The fourth-order valence-corrected chi connectivity index (χ4v) is 2.59. The van der Waals surface area contributed by atoms with Crippen molar-refractivity contribution in [2.75, 3.05) is 6.61 Å². The van der Waals surface area contributed by atoms with Crippen molar-refractivity contribution in [2.45, 2.75) is 61.2 Å². The minimum absolute atomic E-state index is 0.962. The van der Waals surface area contributed by atoms with Crippen LogP contribution in [0.4, 0.5) is 0 Å². The normalized spacial score (nSPS) is 51.0. The lowest BCUT2D eigenvalue weighted by atomic mass is 9.92. The number of hydrogen-bond acceptors (Lipinski definition) is 12. The van der Waals surface area contributed by atoms with Crippen LogP contribution < -0.4 is 0 Å². The van der Waals surface area contributed by atoms with E-state index in [-0.39, 0.29) is 0 Å². The highest BCUT2D eigenvalue weighted by molar-refractivity contribution is 5.03. The van der Waals surface area contributed by atoms with Gasteiger partial charge in [-0.25, -0.2) is 0 Å². The molecule has 0 radical (unpaired) electrons. The van der Waals surface area contributed by atoms with Gasteiger partial charge in [-0.05, 0) is 5.53 Å². The zero-order valence-electron chi connectivity index (χ0n) is 12.5. The molecule has 0 unspecified atom stereocenters. The lowest BCUT2D eigenvalue weighted by molar-refractivity contribution is -0.400. The van der Waals surface area contributed by atoms with Gasteiger partial charge in [0.15, 0.2) is 18.9 Å². The third-order valence-electron chi connectivity index (χ3n) is 4.02. The maximum Gasteiger partial charge on any atom is 0.206 e. The first-order valence-electron chi connectivity index (χ1n) is 7.12. The lowest BCUT2D eigenvalue weighted by Gasteiger charge is -2.49. The third kappa shape index (κ3) is 3.43. The van der Waals surface area contributed by atoms with Crippen molar-refractivity contribution in [3.05, 3.63) is 10.4 Å². The summed E-state index contributed by atoms with van der Waals surface area (Å²) < 4.78 is 14.8. The zero-order chi connectivity index (χ0) is 18.9. The van der Waals surface area contributed by atoms with Crippen molar-refractivity contribution in [3.63, 3.8) is 0 Å². The van der Waals surface area contributed by atoms with Crippen molar-refractivity contribution in [2.24, 2.45) is 5.11 Å². The molecule has 2 rings (SSSR count). The van der Waals surface area contributed by atoms with E-state index in [1.807, 2.05) is 0 Å². The summed E-state index contributed by atoms with van der Waals surface area (Å²) in [5, 5.41) is 80.5. The first-order valence-corrected chi connectivity index (χ1v) is 7.12. The highest BCUT2D eigenvalue weighted by atomic mass is 16.8. The van der Waals surface area contributed by atoms with E-state index in [2.05, 4.69) is 10.0 Å². The topological polar surface area (TPSA) is 238 Å². The average Bonchev–Trinajstić information content (AvgIpc) is 2.59. The molecule has 0 saturated carbocycles. The molecule has 2 fully saturated rings. The van der Waals surface area contributed by atoms with Gasteiger partial charge in [-0.3, -0.25) is 0 Å². The van der Waals surface area contributed by atoms with Crippen LogP contribution in [0.2, 0.25) is 0 Å². The van der Waals surface area contributed by atoms with Gasteiger partial charge in [0.1, 0.15) is 36.6 Å². The fourth-order valence-electron chi connectivity index (χ4n) is 2.59. The highest BCUT2D eigenvalue weighted by Crippen LogP contribution is 2.37. The third-order valence-corrected chi connectivity index (χ3v) is 4.02. The number of azide groups is 1. The molecule has 0 amide bonds. The van der Waals surface area contributed by atoms with Crippen LogP contribution in [-0.4, -0.2) is 109 Å². The largest absolute Gasteiger partial charge is 0.394 e. The number of aliphatic hydroxyl groups is 8. The number of rotatable bonds is 4. The first kappa shape index (κ1) is 20.2. The van der Waals surface area contributed by atoms with E-state index < -0.39 is 67.8 Å². The van der Waals surface area contributed by atoms with Crippen LogP contribution in [0.3, 0.4) is 0 Å². The highest BCUT2D eigenvalue weighted by Gasteiger charge is 2.59. The molecular weight excluding hydrogens is 350 g/mol. The van der Waals surface area contributed by atoms with Crippen molar-refractivity contribution in [1.82, 2.24) is 0 Å². The summed E-state index contributed by atoms with van der Waals surface area (Å²) in [5.41, 5.74) is 6.15. The van der Waals surface area contributed by atoms with Gasteiger partial charge in [0.05, 0.1) is 6.61 Å². The van der Waals surface area contributed by atoms with Gasteiger partial charge in [-0.15, -0.1) is 0 Å². The molecule has 0 aromatic heterocycles. The molecule has 2 aliphatic rings. The Balaban J connectivity index is 2.37. The SMILES string of the molecule is [N-]=[N+]=N[C@@]1(O[C@@H]2O[C@H](O)[C@@H](O)[C@H](O)[C@H]2O)[C@@H](CO)O[C@@H](O)[C@H](O)[C@@H]1O. The molecule has 144 valence electrons. The molecule has 14 nitrogen and oxygen atoms in total. The predicted molar refractivity (Wildman–Crippen MR) is 71.8 cm³/mol. The standard InChI is InChI=1S/C11H19N3O11/c12-14-13-11(2(1-15)23-9(22)6(19)7(11)20)25-10-5(18)3(16)4(17)8(21)24-10/h2-10,15-22H,1H2/t2-,3+,4+,5-,6-,7+,8+,9-,10+,11-/m1/s1. The van der Waals surface area contributed by atoms with Gasteiger partial charge in [0.2, 0.25) is 5.72 Å². The van der Waals surface area contributed by atoms with Crippen LogP contribution in [-0.2, 0) is 14.2 Å². The monoisotopic (exact) mass is 369 g/mol. The van der Waals surface area contributed by atoms with Crippen molar-refractivity contribution < 1.29 is 55.1 Å². The summed E-state index contributed by atoms with van der Waals surface area (Å²) in [6.07, 6.45) is -17.6. The van der Waals surface area contributed by atoms with E-state index >= 15 is 0 Å². The molecule has 25 heavy (non-hydrogen) atoms. The van der Waals surface area contributed by atoms with Gasteiger partial charge in [0.25, 0.3) is 0 Å². The quantitative estimate of drug-likeness (QED) is 0.133. The lowest BCUT2D eigenvalue weighted by Crippen LogP contribution is -2.70. The van der Waals surface area contributed by atoms with E-state index in [4.69, 9.17) is 19.7 Å². The van der Waals surface area contributed by atoms with Crippen LogP contribution in [0.1, 0.15) is 0 Å². The van der Waals surface area contributed by atoms with Crippen LogP contribution in [0.15, 0.2) is 5.11 Å². The Morgan fingerprint density at radius 2 is 1.52 bits per heavy atom. The molecule has 8 N–H and O–H groups in total. The summed E-state index contributed by atoms with van der Waals surface area (Å²) >= 11 is 0. The van der Waals surface area contributed by atoms with Gasteiger partial charge in [0, 0.05) is 4.91 Å². The molecule has 2 saturated heterocycles. The molecule has 10 atom stereocenters. The maximum absolute atomic E-state index is 10.2. The van der Waals surface area contributed by atoms with E-state index in [1.165, 1.54) is 0 Å². The molecule has 2 heterocycles. The van der Waals surface area contributed by atoms with Crippen molar-refractivity contribution in [1.29, 1.82) is 0 Å². The van der Waals surface area contributed by atoms with E-state index in [0.29, 0.717) is 0 Å². The summed E-state index contributed by atoms with van der Waals surface area (Å²) in [7, 11) is 0. The molecular formula is C11H19N3O11. The Morgan fingerprint density at radius 3 is 2.08 bits per heavy atom.